The number of aliphatic carboxylic acids is 1. The molecule has 1 atom stereocenters. The SMILES string of the molecule is CC1=NC(C(=O)O)CC1.Cl. The number of nitrogens with zero attached hydrogens (tertiary/aromatic N) is 1. The Labute approximate surface area is 65.6 Å². The van der Waals surface area contributed by atoms with Crippen LogP contribution in [0.4, 0.5) is 0 Å². The Morgan fingerprint density at radius 1 is 1.80 bits per heavy atom. The number of hydrogen-bond acceptors (Lipinski definition) is 2. The number of carboxylic acid groups (broad SMARTS) is 1. The summed E-state index contributed by atoms with van der Waals surface area (Å²) in [5, 5.41) is 8.42. The van der Waals surface area contributed by atoms with Crippen LogP contribution in [0.1, 0.15) is 19.8 Å². The summed E-state index contributed by atoms with van der Waals surface area (Å²) in [6.07, 6.45) is 1.53. The van der Waals surface area contributed by atoms with E-state index in [1.807, 2.05) is 6.92 Å². The molecule has 3 nitrogen and oxygen atoms in total. The zero-order chi connectivity index (χ0) is 6.85. The fourth-order valence-electron chi connectivity index (χ4n) is 0.919. The molecule has 0 saturated heterocycles. The largest absolute Gasteiger partial charge is 0.480 e. The lowest BCUT2D eigenvalue weighted by molar-refractivity contribution is -0.138. The van der Waals surface area contributed by atoms with Crippen LogP contribution in [0.2, 0.25) is 0 Å². The van der Waals surface area contributed by atoms with E-state index in [2.05, 4.69) is 4.99 Å². The molecule has 0 aromatic rings. The van der Waals surface area contributed by atoms with Crippen molar-refractivity contribution in [3.05, 3.63) is 0 Å². The second kappa shape index (κ2) is 3.56. The maximum absolute atomic E-state index is 10.2. The highest BCUT2D eigenvalue weighted by Crippen LogP contribution is 2.12. The fraction of sp³-hybridized carbons (Fsp3) is 0.667. The van der Waals surface area contributed by atoms with Crippen molar-refractivity contribution in [2.24, 2.45) is 4.99 Å². The van der Waals surface area contributed by atoms with Gasteiger partial charge in [0.15, 0.2) is 0 Å². The van der Waals surface area contributed by atoms with Crippen molar-refractivity contribution in [3.8, 4) is 0 Å². The van der Waals surface area contributed by atoms with E-state index >= 15 is 0 Å². The molecule has 10 heavy (non-hydrogen) atoms. The Kier molecular flexibility index (Phi) is 3.36. The quantitative estimate of drug-likeness (QED) is 0.630. The van der Waals surface area contributed by atoms with E-state index in [0.29, 0.717) is 6.42 Å². The summed E-state index contributed by atoms with van der Waals surface area (Å²) >= 11 is 0. The van der Waals surface area contributed by atoms with Crippen LogP contribution in [0, 0.1) is 0 Å². The van der Waals surface area contributed by atoms with Crippen LogP contribution in [-0.2, 0) is 4.79 Å². The second-order valence-electron chi connectivity index (χ2n) is 2.26. The number of hydrogen-bond donors (Lipinski definition) is 1. The number of halogens is 1. The maximum Gasteiger partial charge on any atom is 0.328 e. The fourth-order valence-corrected chi connectivity index (χ4v) is 0.919. The molecule has 0 aromatic carbocycles. The molecule has 58 valence electrons. The van der Waals surface area contributed by atoms with Gasteiger partial charge in [-0.15, -0.1) is 12.4 Å². The maximum atomic E-state index is 10.2. The molecule has 4 heteroatoms. The lowest BCUT2D eigenvalue weighted by atomic mass is 10.2. The first-order chi connectivity index (χ1) is 4.20. The Balaban J connectivity index is 0.000000810. The molecule has 0 saturated carbocycles. The van der Waals surface area contributed by atoms with Crippen molar-refractivity contribution in [2.75, 3.05) is 0 Å². The molecule has 1 aliphatic heterocycles. The minimum Gasteiger partial charge on any atom is -0.480 e. The zero-order valence-electron chi connectivity index (χ0n) is 5.70. The van der Waals surface area contributed by atoms with E-state index < -0.39 is 12.0 Å². The summed E-state index contributed by atoms with van der Waals surface area (Å²) in [6, 6.07) is -0.454. The molecule has 0 amide bonds. The van der Waals surface area contributed by atoms with Crippen LogP contribution in [0.15, 0.2) is 4.99 Å². The molecule has 1 rings (SSSR count). The highest BCUT2D eigenvalue weighted by atomic mass is 35.5. The minimum atomic E-state index is -0.799. The van der Waals surface area contributed by atoms with Gasteiger partial charge in [0.25, 0.3) is 0 Å². The molecular formula is C6H10ClNO2. The first-order valence-electron chi connectivity index (χ1n) is 2.96. The molecule has 1 aliphatic rings. The number of carboxylic acids is 1. The predicted octanol–water partition coefficient (Wildman–Crippen LogP) is 1.12. The number of carbonyl (C=O) groups is 1. The Morgan fingerprint density at radius 3 is 2.60 bits per heavy atom. The molecule has 0 fully saturated rings. The second-order valence-corrected chi connectivity index (χ2v) is 2.26. The average molecular weight is 164 g/mol. The number of rotatable bonds is 1. The first-order valence-corrected chi connectivity index (χ1v) is 2.96. The van der Waals surface area contributed by atoms with Crippen molar-refractivity contribution >= 4 is 24.1 Å². The van der Waals surface area contributed by atoms with Crippen molar-refractivity contribution < 1.29 is 9.90 Å². The van der Waals surface area contributed by atoms with Gasteiger partial charge in [-0.05, 0) is 19.8 Å². The highest BCUT2D eigenvalue weighted by molar-refractivity contribution is 5.88. The van der Waals surface area contributed by atoms with Crippen molar-refractivity contribution in [2.45, 2.75) is 25.8 Å². The highest BCUT2D eigenvalue weighted by Gasteiger charge is 2.20. The Hall–Kier alpha value is -0.570. The van der Waals surface area contributed by atoms with Gasteiger partial charge in [0.2, 0.25) is 0 Å². The van der Waals surface area contributed by atoms with Gasteiger partial charge in [-0.1, -0.05) is 0 Å². The lowest BCUT2D eigenvalue weighted by Crippen LogP contribution is -2.13. The molecule has 0 spiro atoms. The van der Waals surface area contributed by atoms with Crippen LogP contribution >= 0.6 is 12.4 Å². The average Bonchev–Trinajstić information content (AvgIpc) is 2.14. The summed E-state index contributed by atoms with van der Waals surface area (Å²) in [4.78, 5) is 14.1. The van der Waals surface area contributed by atoms with Gasteiger partial charge < -0.3 is 5.11 Å². The van der Waals surface area contributed by atoms with Crippen LogP contribution in [-0.4, -0.2) is 22.8 Å². The van der Waals surface area contributed by atoms with Crippen molar-refractivity contribution in [3.63, 3.8) is 0 Å². The molecule has 1 unspecified atom stereocenters. The Morgan fingerprint density at radius 2 is 2.40 bits per heavy atom. The van der Waals surface area contributed by atoms with Crippen LogP contribution < -0.4 is 0 Å². The molecule has 0 aromatic heterocycles. The van der Waals surface area contributed by atoms with Crippen LogP contribution in [0.5, 0.6) is 0 Å². The Bertz CT molecular complexity index is 167. The van der Waals surface area contributed by atoms with Gasteiger partial charge in [0.1, 0.15) is 6.04 Å². The van der Waals surface area contributed by atoms with E-state index in [-0.39, 0.29) is 12.4 Å². The number of aliphatic imine (C=N–C) groups is 1. The van der Waals surface area contributed by atoms with Crippen molar-refractivity contribution in [1.82, 2.24) is 0 Å². The predicted molar refractivity (Wildman–Crippen MR) is 41.0 cm³/mol. The van der Waals surface area contributed by atoms with E-state index in [1.54, 1.807) is 0 Å². The van der Waals surface area contributed by atoms with Gasteiger partial charge >= 0.3 is 5.97 Å². The summed E-state index contributed by atoms with van der Waals surface area (Å²) in [5.41, 5.74) is 0.961. The van der Waals surface area contributed by atoms with Gasteiger partial charge in [-0.2, -0.15) is 0 Å². The monoisotopic (exact) mass is 163 g/mol. The summed E-state index contributed by atoms with van der Waals surface area (Å²) in [6.45, 7) is 1.86. The normalized spacial score (nSPS) is 23.3. The van der Waals surface area contributed by atoms with E-state index in [0.717, 1.165) is 12.1 Å². The molecule has 0 radical (unpaired) electrons. The van der Waals surface area contributed by atoms with Crippen molar-refractivity contribution in [1.29, 1.82) is 0 Å². The third-order valence-corrected chi connectivity index (χ3v) is 1.44. The third-order valence-electron chi connectivity index (χ3n) is 1.44. The minimum absolute atomic E-state index is 0. The standard InChI is InChI=1S/C6H9NO2.ClH/c1-4-2-3-5(7-4)6(8)9;/h5H,2-3H2,1H3,(H,8,9);1H. The molecule has 0 bridgehead atoms. The third kappa shape index (κ3) is 1.99. The summed E-state index contributed by atoms with van der Waals surface area (Å²) < 4.78 is 0. The molecule has 0 aliphatic carbocycles. The topological polar surface area (TPSA) is 49.7 Å². The van der Waals surface area contributed by atoms with Gasteiger partial charge in [0.05, 0.1) is 0 Å². The summed E-state index contributed by atoms with van der Waals surface area (Å²) in [5.74, 6) is -0.799. The van der Waals surface area contributed by atoms with Crippen LogP contribution in [0.3, 0.4) is 0 Å². The van der Waals surface area contributed by atoms with E-state index in [4.69, 9.17) is 5.11 Å². The van der Waals surface area contributed by atoms with Gasteiger partial charge in [0, 0.05) is 5.71 Å². The molecule has 1 N–H and O–H groups in total. The van der Waals surface area contributed by atoms with Gasteiger partial charge in [-0.3, -0.25) is 4.99 Å². The lowest BCUT2D eigenvalue weighted by Gasteiger charge is -1.94. The van der Waals surface area contributed by atoms with E-state index in [1.165, 1.54) is 0 Å². The molecular weight excluding hydrogens is 154 g/mol. The summed E-state index contributed by atoms with van der Waals surface area (Å²) in [7, 11) is 0. The van der Waals surface area contributed by atoms with Crippen LogP contribution in [0.25, 0.3) is 0 Å². The van der Waals surface area contributed by atoms with E-state index in [9.17, 15) is 4.79 Å². The first kappa shape index (κ1) is 9.43. The molecule has 1 heterocycles. The smallest absolute Gasteiger partial charge is 0.328 e. The zero-order valence-corrected chi connectivity index (χ0v) is 6.52. The van der Waals surface area contributed by atoms with Gasteiger partial charge in [-0.25, -0.2) is 4.79 Å².